The minimum absolute atomic E-state index is 0.0457. The number of benzene rings is 3. The van der Waals surface area contributed by atoms with Crippen LogP contribution in [0, 0.1) is 41.3 Å². The molecule has 6 atom stereocenters. The molecule has 0 N–H and O–H groups in total. The van der Waals surface area contributed by atoms with E-state index in [0.29, 0.717) is 17.4 Å². The number of nitrogens with zero attached hydrogens (tertiary/aromatic N) is 1. The van der Waals surface area contributed by atoms with Gasteiger partial charge in [0.1, 0.15) is 5.75 Å². The molecule has 0 spiro atoms. The molecule has 5 aliphatic rings. The highest BCUT2D eigenvalue weighted by Crippen LogP contribution is 2.65. The van der Waals surface area contributed by atoms with Crippen LogP contribution in [0.3, 0.4) is 0 Å². The van der Waals surface area contributed by atoms with E-state index >= 15 is 4.39 Å². The fraction of sp³-hybridized carbons (Fsp3) is 0.276. The lowest BCUT2D eigenvalue weighted by molar-refractivity contribution is -0.124. The molecule has 1 heterocycles. The molecular weight excluding hydrogens is 445 g/mol. The van der Waals surface area contributed by atoms with Gasteiger partial charge in [-0.2, -0.15) is 0 Å². The Bertz CT molecular complexity index is 1430. The summed E-state index contributed by atoms with van der Waals surface area (Å²) in [6.45, 7) is -0.249. The second-order valence-electron chi connectivity index (χ2n) is 10.1. The Kier molecular flexibility index (Phi) is 4.32. The van der Waals surface area contributed by atoms with Gasteiger partial charge in [0.25, 0.3) is 0 Å². The maximum Gasteiger partial charge on any atom is 0.238 e. The maximum absolute atomic E-state index is 15.1. The molecule has 4 aliphatic carbocycles. The first-order valence-electron chi connectivity index (χ1n) is 12.0. The third-order valence-electron chi connectivity index (χ3n) is 8.26. The van der Waals surface area contributed by atoms with Crippen molar-refractivity contribution in [2.24, 2.45) is 35.5 Å². The average Bonchev–Trinajstić information content (AvgIpc) is 3.66. The van der Waals surface area contributed by atoms with Gasteiger partial charge in [0.05, 0.1) is 17.5 Å². The van der Waals surface area contributed by atoms with E-state index in [9.17, 15) is 14.4 Å². The number of allylic oxidation sites excluding steroid dienone is 2. The smallest absolute Gasteiger partial charge is 0.238 e. The lowest BCUT2D eigenvalue weighted by Gasteiger charge is -2.37. The minimum atomic E-state index is -0.716. The molecule has 5 nitrogen and oxygen atoms in total. The highest BCUT2D eigenvalue weighted by Gasteiger charge is 2.67. The molecule has 6 heteroatoms. The summed E-state index contributed by atoms with van der Waals surface area (Å²) in [7, 11) is 0. The molecule has 174 valence electrons. The molecule has 0 aromatic heterocycles. The molecule has 0 unspecified atom stereocenters. The van der Waals surface area contributed by atoms with Gasteiger partial charge < -0.3 is 4.74 Å². The molecule has 0 radical (unpaired) electrons. The molecular formula is C29H22FNO4. The summed E-state index contributed by atoms with van der Waals surface area (Å²) >= 11 is 0. The number of ketones is 1. The third-order valence-corrected chi connectivity index (χ3v) is 8.26. The number of hydrogen-bond donors (Lipinski definition) is 0. The Labute approximate surface area is 201 Å². The number of carbonyl (C=O) groups excluding carboxylic acids is 3. The van der Waals surface area contributed by atoms with Gasteiger partial charge in [-0.05, 0) is 59.1 Å². The maximum atomic E-state index is 15.1. The summed E-state index contributed by atoms with van der Waals surface area (Å²) in [6, 6.07) is 17.2. The van der Waals surface area contributed by atoms with Crippen molar-refractivity contribution in [1.29, 1.82) is 0 Å². The lowest BCUT2D eigenvalue weighted by Crippen LogP contribution is -2.40. The zero-order valence-corrected chi connectivity index (χ0v) is 18.8. The van der Waals surface area contributed by atoms with Crippen LogP contribution in [-0.4, -0.2) is 24.2 Å². The molecule has 2 amide bonds. The first kappa shape index (κ1) is 20.6. The summed E-state index contributed by atoms with van der Waals surface area (Å²) in [4.78, 5) is 40.1. The molecule has 2 saturated carbocycles. The van der Waals surface area contributed by atoms with Crippen LogP contribution in [0.5, 0.6) is 5.75 Å². The van der Waals surface area contributed by atoms with Crippen molar-refractivity contribution >= 4 is 34.1 Å². The van der Waals surface area contributed by atoms with Crippen molar-refractivity contribution in [3.63, 3.8) is 0 Å². The third kappa shape index (κ3) is 3.02. The number of Topliss-reactive ketones (excluding diaryl/α,β-unsaturated/α-hetero) is 1. The number of fused-ring (bicyclic) bond motifs is 1. The van der Waals surface area contributed by atoms with E-state index in [2.05, 4.69) is 12.2 Å². The van der Waals surface area contributed by atoms with Gasteiger partial charge in [0.2, 0.25) is 11.8 Å². The Balaban J connectivity index is 1.08. The second-order valence-corrected chi connectivity index (χ2v) is 10.1. The van der Waals surface area contributed by atoms with Gasteiger partial charge in [-0.15, -0.1) is 0 Å². The largest absolute Gasteiger partial charge is 0.485 e. The quantitative estimate of drug-likeness (QED) is 0.307. The van der Waals surface area contributed by atoms with E-state index in [4.69, 9.17) is 4.74 Å². The molecule has 35 heavy (non-hydrogen) atoms. The number of carbonyl (C=O) groups is 3. The number of ether oxygens (including phenoxy) is 1. The zero-order valence-electron chi connectivity index (χ0n) is 18.8. The monoisotopic (exact) mass is 467 g/mol. The average molecular weight is 467 g/mol. The first-order chi connectivity index (χ1) is 17.0. The van der Waals surface area contributed by atoms with Crippen molar-refractivity contribution in [1.82, 2.24) is 0 Å². The lowest BCUT2D eigenvalue weighted by atomic mass is 9.63. The number of amides is 2. The number of halogens is 1. The van der Waals surface area contributed by atoms with Crippen LogP contribution in [0.15, 0.2) is 72.8 Å². The van der Waals surface area contributed by atoms with Crippen LogP contribution in [0.1, 0.15) is 16.8 Å². The molecule has 2 bridgehead atoms. The van der Waals surface area contributed by atoms with E-state index in [1.54, 1.807) is 12.1 Å². The van der Waals surface area contributed by atoms with E-state index in [1.165, 1.54) is 12.1 Å². The topological polar surface area (TPSA) is 63.7 Å². The van der Waals surface area contributed by atoms with Crippen LogP contribution in [0.2, 0.25) is 0 Å². The summed E-state index contributed by atoms with van der Waals surface area (Å²) in [5, 5.41) is 1.99. The van der Waals surface area contributed by atoms with E-state index in [1.807, 2.05) is 30.3 Å². The highest BCUT2D eigenvalue weighted by molar-refractivity contribution is 6.22. The van der Waals surface area contributed by atoms with Crippen molar-refractivity contribution in [3.05, 3.63) is 84.2 Å². The molecule has 3 aromatic carbocycles. The molecule has 1 saturated heterocycles. The predicted octanol–water partition coefficient (Wildman–Crippen LogP) is 4.80. The van der Waals surface area contributed by atoms with Gasteiger partial charge in [0.15, 0.2) is 18.2 Å². The molecule has 8 rings (SSSR count). The van der Waals surface area contributed by atoms with Crippen LogP contribution in [-0.2, 0) is 9.59 Å². The fourth-order valence-corrected chi connectivity index (χ4v) is 6.55. The number of hydrogen-bond acceptors (Lipinski definition) is 4. The first-order valence-corrected chi connectivity index (χ1v) is 12.0. The van der Waals surface area contributed by atoms with Crippen LogP contribution >= 0.6 is 0 Å². The van der Waals surface area contributed by atoms with E-state index in [0.717, 1.165) is 28.2 Å². The Hall–Kier alpha value is -3.80. The second kappa shape index (κ2) is 7.35. The van der Waals surface area contributed by atoms with Gasteiger partial charge in [-0.3, -0.25) is 14.4 Å². The highest BCUT2D eigenvalue weighted by atomic mass is 19.1. The zero-order chi connectivity index (χ0) is 23.8. The van der Waals surface area contributed by atoms with Crippen molar-refractivity contribution in [2.75, 3.05) is 11.5 Å². The minimum Gasteiger partial charge on any atom is -0.485 e. The Morgan fingerprint density at radius 1 is 0.886 bits per heavy atom. The van der Waals surface area contributed by atoms with Gasteiger partial charge in [-0.25, -0.2) is 9.29 Å². The summed E-state index contributed by atoms with van der Waals surface area (Å²) in [6.07, 6.45) is 5.26. The molecule has 1 aliphatic heterocycles. The van der Waals surface area contributed by atoms with Crippen molar-refractivity contribution in [3.8, 4) is 5.75 Å². The van der Waals surface area contributed by atoms with Crippen molar-refractivity contribution < 1.29 is 23.5 Å². The van der Waals surface area contributed by atoms with Gasteiger partial charge in [-0.1, -0.05) is 48.6 Å². The number of anilines is 1. The number of rotatable bonds is 5. The molecule has 3 fully saturated rings. The summed E-state index contributed by atoms with van der Waals surface area (Å²) in [5.74, 6) is -0.985. The normalized spacial score (nSPS) is 29.9. The van der Waals surface area contributed by atoms with Crippen molar-refractivity contribution in [2.45, 2.75) is 6.42 Å². The Morgan fingerprint density at radius 2 is 1.57 bits per heavy atom. The van der Waals surface area contributed by atoms with Gasteiger partial charge >= 0.3 is 0 Å². The fourth-order valence-electron chi connectivity index (χ4n) is 6.55. The standard InChI is InChI=1S/C29H22FNO4/c30-23-12-18(35-14-25(32)17-6-5-15-3-1-2-4-16(15)11-17)7-10-24(23)31-28(33)26-19-8-9-20(22-13-21(19)22)27(26)29(31)34/h1-12,19-22,26-27H,13-14H2/t19-,20+,21+,22-,26-,27+. The Morgan fingerprint density at radius 3 is 2.26 bits per heavy atom. The van der Waals surface area contributed by atoms with Gasteiger partial charge in [0, 0.05) is 11.6 Å². The summed E-state index contributed by atoms with van der Waals surface area (Å²) in [5.41, 5.74) is 0.466. The predicted molar refractivity (Wildman–Crippen MR) is 127 cm³/mol. The summed E-state index contributed by atoms with van der Waals surface area (Å²) < 4.78 is 20.7. The number of imide groups is 1. The van der Waals surface area contributed by atoms with Crippen LogP contribution in [0.25, 0.3) is 10.8 Å². The SMILES string of the molecule is O=C(COc1ccc(N2C(=O)[C@@H]3[C@@H]4C=C[C@@H]([C@H]5C[C@@H]45)[C@@H]3C2=O)c(F)c1)c1ccc2ccccc2c1. The molecule has 3 aromatic rings. The van der Waals surface area contributed by atoms with Crippen LogP contribution < -0.4 is 9.64 Å². The van der Waals surface area contributed by atoms with Crippen LogP contribution in [0.4, 0.5) is 10.1 Å². The van der Waals surface area contributed by atoms with E-state index in [-0.39, 0.29) is 59.3 Å². The van der Waals surface area contributed by atoms with E-state index < -0.39 is 5.82 Å².